The molecule has 0 unspecified atom stereocenters. The zero-order chi connectivity index (χ0) is 18.9. The number of aromatic nitrogens is 3. The Morgan fingerprint density at radius 1 is 1.11 bits per heavy atom. The number of hydrogen-bond donors (Lipinski definition) is 0. The summed E-state index contributed by atoms with van der Waals surface area (Å²) >= 11 is 3.03. The fourth-order valence-corrected chi connectivity index (χ4v) is 4.12. The fourth-order valence-electron chi connectivity index (χ4n) is 2.56. The highest BCUT2D eigenvalue weighted by Crippen LogP contribution is 2.31. The van der Waals surface area contributed by atoms with Crippen LogP contribution in [0.15, 0.2) is 62.2 Å². The Balaban J connectivity index is 1.27. The number of rotatable bonds is 5. The second-order valence-corrected chi connectivity index (χ2v) is 7.56. The second-order valence-electron chi connectivity index (χ2n) is 5.75. The van der Waals surface area contributed by atoms with Gasteiger partial charge in [0.15, 0.2) is 17.4 Å². The molecule has 1 aromatic carbocycles. The van der Waals surface area contributed by atoms with E-state index in [1.807, 2.05) is 41.1 Å². The van der Waals surface area contributed by atoms with E-state index in [4.69, 9.17) is 13.7 Å². The molecule has 0 atom stereocenters. The van der Waals surface area contributed by atoms with Gasteiger partial charge in [-0.2, -0.15) is 16.3 Å². The van der Waals surface area contributed by atoms with Crippen molar-refractivity contribution < 1.29 is 18.5 Å². The van der Waals surface area contributed by atoms with Gasteiger partial charge in [0.2, 0.25) is 11.6 Å². The van der Waals surface area contributed by atoms with Gasteiger partial charge in [-0.25, -0.2) is 9.78 Å². The monoisotopic (exact) mass is 409 g/mol. The normalized spacial score (nSPS) is 11.1. The predicted octanol–water partition coefficient (Wildman–Crippen LogP) is 5.02. The number of thiophene rings is 1. The number of thiazole rings is 1. The summed E-state index contributed by atoms with van der Waals surface area (Å²) in [6, 6.07) is 13.0. The number of esters is 1. The van der Waals surface area contributed by atoms with E-state index >= 15 is 0 Å². The molecule has 0 saturated heterocycles. The molecule has 0 bridgehead atoms. The molecular formula is C19H11N3O4S2. The molecule has 5 rings (SSSR count). The summed E-state index contributed by atoms with van der Waals surface area (Å²) in [5.74, 6) is 0.677. The molecule has 0 radical (unpaired) electrons. The summed E-state index contributed by atoms with van der Waals surface area (Å²) in [7, 11) is 0. The lowest BCUT2D eigenvalue weighted by Gasteiger charge is -1.98. The van der Waals surface area contributed by atoms with Crippen molar-refractivity contribution in [2.45, 2.75) is 6.61 Å². The first-order chi connectivity index (χ1) is 13.8. The lowest BCUT2D eigenvalue weighted by atomic mass is 10.3. The van der Waals surface area contributed by atoms with Gasteiger partial charge in [0.05, 0.1) is 10.2 Å². The average molecular weight is 409 g/mol. The highest BCUT2D eigenvalue weighted by molar-refractivity contribution is 7.21. The second kappa shape index (κ2) is 7.02. The van der Waals surface area contributed by atoms with Crippen LogP contribution in [0.25, 0.3) is 32.4 Å². The number of carbonyl (C=O) groups is 1. The van der Waals surface area contributed by atoms with Gasteiger partial charge in [0.25, 0.3) is 5.89 Å². The molecule has 0 aliphatic rings. The van der Waals surface area contributed by atoms with E-state index in [9.17, 15) is 4.79 Å². The molecule has 138 valence electrons. The van der Waals surface area contributed by atoms with Crippen molar-refractivity contribution >= 4 is 38.9 Å². The van der Waals surface area contributed by atoms with Gasteiger partial charge in [-0.1, -0.05) is 17.3 Å². The maximum atomic E-state index is 12.2. The van der Waals surface area contributed by atoms with Crippen LogP contribution < -0.4 is 0 Å². The Labute approximate surface area is 166 Å². The zero-order valence-electron chi connectivity index (χ0n) is 14.2. The zero-order valence-corrected chi connectivity index (χ0v) is 15.8. The van der Waals surface area contributed by atoms with Gasteiger partial charge >= 0.3 is 5.97 Å². The molecule has 28 heavy (non-hydrogen) atoms. The van der Waals surface area contributed by atoms with Gasteiger partial charge in [-0.05, 0) is 35.7 Å². The lowest BCUT2D eigenvalue weighted by Crippen LogP contribution is -2.04. The summed E-state index contributed by atoms with van der Waals surface area (Å²) in [6.07, 6.45) is 0. The maximum Gasteiger partial charge on any atom is 0.374 e. The third kappa shape index (κ3) is 3.21. The predicted molar refractivity (Wildman–Crippen MR) is 104 cm³/mol. The molecule has 0 spiro atoms. The van der Waals surface area contributed by atoms with Crippen molar-refractivity contribution in [1.29, 1.82) is 0 Å². The van der Waals surface area contributed by atoms with E-state index in [1.54, 1.807) is 12.1 Å². The first-order valence-electron chi connectivity index (χ1n) is 8.24. The van der Waals surface area contributed by atoms with Crippen LogP contribution in [-0.2, 0) is 11.3 Å². The summed E-state index contributed by atoms with van der Waals surface area (Å²) in [4.78, 5) is 21.0. The number of nitrogens with zero attached hydrogens (tertiary/aromatic N) is 3. The number of furan rings is 1. The minimum atomic E-state index is -0.609. The molecule has 5 aromatic rings. The molecule has 0 aliphatic heterocycles. The van der Waals surface area contributed by atoms with Crippen LogP contribution in [0.4, 0.5) is 0 Å². The summed E-state index contributed by atoms with van der Waals surface area (Å²) in [5, 5.41) is 8.41. The fraction of sp³-hybridized carbons (Fsp3) is 0.0526. The number of para-hydroxylation sites is 1. The summed E-state index contributed by atoms with van der Waals surface area (Å²) < 4.78 is 17.0. The molecule has 0 fully saturated rings. The summed E-state index contributed by atoms with van der Waals surface area (Å²) in [6.45, 7) is -0.132. The Hall–Kier alpha value is -3.30. The van der Waals surface area contributed by atoms with Gasteiger partial charge in [-0.15, -0.1) is 11.3 Å². The molecule has 0 saturated carbocycles. The van der Waals surface area contributed by atoms with Crippen LogP contribution in [0.2, 0.25) is 0 Å². The molecule has 9 heteroatoms. The van der Waals surface area contributed by atoms with Crippen LogP contribution in [0.3, 0.4) is 0 Å². The van der Waals surface area contributed by atoms with Crippen molar-refractivity contribution in [2.75, 3.05) is 0 Å². The van der Waals surface area contributed by atoms with E-state index in [0.717, 1.165) is 15.8 Å². The van der Waals surface area contributed by atoms with Crippen molar-refractivity contribution in [3.05, 3.63) is 64.9 Å². The number of carbonyl (C=O) groups excluding carboxylic acids is 1. The smallest absolute Gasteiger partial charge is 0.374 e. The van der Waals surface area contributed by atoms with E-state index in [1.165, 1.54) is 22.7 Å². The molecule has 4 aromatic heterocycles. The Kier molecular flexibility index (Phi) is 4.22. The number of benzene rings is 1. The quantitative estimate of drug-likeness (QED) is 0.376. The van der Waals surface area contributed by atoms with Crippen molar-refractivity contribution in [1.82, 2.24) is 15.1 Å². The Bertz CT molecular complexity index is 1220. The third-order valence-corrected chi connectivity index (χ3v) is 5.62. The number of fused-ring (bicyclic) bond motifs is 1. The number of ether oxygens (including phenoxy) is 1. The largest absolute Gasteiger partial charge is 0.450 e. The SMILES string of the molecule is O=C(OCc1nc(-c2ccsc2)no1)c1ccc(-c2nc3ccccc3s2)o1. The molecule has 7 nitrogen and oxygen atoms in total. The highest BCUT2D eigenvalue weighted by atomic mass is 32.1. The molecular weight excluding hydrogens is 398 g/mol. The topological polar surface area (TPSA) is 91.2 Å². The van der Waals surface area contributed by atoms with E-state index in [-0.39, 0.29) is 18.3 Å². The Morgan fingerprint density at radius 2 is 2.04 bits per heavy atom. The average Bonchev–Trinajstić information content (AvgIpc) is 3.51. The minimum Gasteiger partial charge on any atom is -0.450 e. The van der Waals surface area contributed by atoms with Crippen molar-refractivity contribution in [2.24, 2.45) is 0 Å². The van der Waals surface area contributed by atoms with Crippen LogP contribution in [-0.4, -0.2) is 21.1 Å². The standard InChI is InChI=1S/C19H11N3O4S2/c23-19(24-9-16-21-17(22-26-16)11-7-8-27-10-11)14-6-5-13(25-14)18-20-12-3-1-2-4-15(12)28-18/h1-8,10H,9H2. The van der Waals surface area contributed by atoms with Crippen LogP contribution in [0, 0.1) is 0 Å². The first kappa shape index (κ1) is 16.8. The summed E-state index contributed by atoms with van der Waals surface area (Å²) in [5.41, 5.74) is 1.75. The van der Waals surface area contributed by atoms with Gasteiger partial charge in [0.1, 0.15) is 0 Å². The maximum absolute atomic E-state index is 12.2. The molecule has 0 aliphatic carbocycles. The van der Waals surface area contributed by atoms with Crippen molar-refractivity contribution in [3.8, 4) is 22.2 Å². The van der Waals surface area contributed by atoms with Crippen LogP contribution in [0.5, 0.6) is 0 Å². The Morgan fingerprint density at radius 3 is 2.89 bits per heavy atom. The molecule has 0 N–H and O–H groups in total. The van der Waals surface area contributed by atoms with E-state index in [2.05, 4.69) is 15.1 Å². The van der Waals surface area contributed by atoms with Gasteiger partial charge < -0.3 is 13.7 Å². The van der Waals surface area contributed by atoms with Gasteiger partial charge in [-0.3, -0.25) is 0 Å². The van der Waals surface area contributed by atoms with E-state index in [0.29, 0.717) is 16.6 Å². The lowest BCUT2D eigenvalue weighted by molar-refractivity contribution is 0.0394. The van der Waals surface area contributed by atoms with Crippen LogP contribution >= 0.6 is 22.7 Å². The molecule has 4 heterocycles. The highest BCUT2D eigenvalue weighted by Gasteiger charge is 2.18. The van der Waals surface area contributed by atoms with E-state index < -0.39 is 5.97 Å². The van der Waals surface area contributed by atoms with Crippen LogP contribution in [0.1, 0.15) is 16.4 Å². The first-order valence-corrected chi connectivity index (χ1v) is 10.0. The minimum absolute atomic E-state index is 0.0897. The molecule has 0 amide bonds. The van der Waals surface area contributed by atoms with Gasteiger partial charge in [0, 0.05) is 10.9 Å². The third-order valence-electron chi connectivity index (χ3n) is 3.89. The number of hydrogen-bond acceptors (Lipinski definition) is 9. The van der Waals surface area contributed by atoms with Crippen molar-refractivity contribution in [3.63, 3.8) is 0 Å².